The van der Waals surface area contributed by atoms with Gasteiger partial charge in [-0.1, -0.05) is 75.3 Å². The smallest absolute Gasteiger partial charge is 0.237 e. The van der Waals surface area contributed by atoms with Crippen LogP contribution < -0.4 is 5.22 Å². The minimum Gasteiger partial charge on any atom is -0.237 e. The summed E-state index contributed by atoms with van der Waals surface area (Å²) in [7, 11) is 0. The number of aryl methyl sites for hydroxylation is 2. The molecular weight excluding hydrogens is 1170 g/mol. The van der Waals surface area contributed by atoms with Gasteiger partial charge in [-0.25, -0.2) is 9.97 Å². The highest BCUT2D eigenvalue weighted by molar-refractivity contribution is 6.57. The Balaban J connectivity index is 0.996. The van der Waals surface area contributed by atoms with Gasteiger partial charge in [0.25, 0.3) is 0 Å². The van der Waals surface area contributed by atoms with Crippen LogP contribution in [-0.4, -0.2) is 46.0 Å². The molecule has 442 valence electrons. The molecule has 9 atom stereocenters. The van der Waals surface area contributed by atoms with E-state index in [0.717, 1.165) is 70.0 Å². The molecule has 8 aliphatic carbocycles. The minimum atomic E-state index is -7.72. The number of benzene rings is 6. The maximum atomic E-state index is 17.1. The fourth-order valence-electron chi connectivity index (χ4n) is 19.4. The van der Waals surface area contributed by atoms with Gasteiger partial charge in [0.2, 0.25) is 0 Å². The van der Waals surface area contributed by atoms with E-state index in [1.807, 2.05) is 32.1 Å². The summed E-state index contributed by atoms with van der Waals surface area (Å²) >= 11 is 0. The first kappa shape index (κ1) is 51.9. The van der Waals surface area contributed by atoms with Gasteiger partial charge < -0.3 is 0 Å². The van der Waals surface area contributed by atoms with E-state index in [-0.39, 0.29) is 71.9 Å². The molecule has 20 heteroatoms. The standard InChI is InChI=1S/C67H38F18N2/c1-3-5-7-24-20-25(8-6-4-2)87-58(86-24)59(21-17-22(60(68,69)62(72,73)64(76,77)66(80,81)82)19-23(18-21)61(70,71)63(74,75)65(78,79)67(83,84)85)56-42-32-15-13-30-28-11-9-26-27-10-12-29-31-14-16-33-41-39(31)46-37(29)35(27)44-34(26)36(28)45-38(30)40(32)47-49(42)50(43(33)57(56)59)48(41)55-53(46)51(44)52(45)54(47)55/h9-20,26,28,30,34,36,38,56-57H,3-8H2,1-2H3. The summed E-state index contributed by atoms with van der Waals surface area (Å²) in [6, 6.07) is 8.40. The molecule has 9 unspecified atom stereocenters. The second-order valence-electron chi connectivity index (χ2n) is 26.0. The third-order valence-electron chi connectivity index (χ3n) is 22.5. The third kappa shape index (κ3) is 5.02. The zero-order valence-electron chi connectivity index (χ0n) is 45.0. The van der Waals surface area contributed by atoms with Crippen LogP contribution in [0, 0.1) is 17.8 Å². The highest BCUT2D eigenvalue weighted by Gasteiger charge is 2.84. The largest absolute Gasteiger partial charge is 0.460 e. The Hall–Kier alpha value is -7.12. The molecule has 0 spiro atoms. The molecule has 1 aromatic heterocycles. The van der Waals surface area contributed by atoms with Gasteiger partial charge in [-0.3, -0.25) is 0 Å². The van der Waals surface area contributed by atoms with Crippen LogP contribution in [0.4, 0.5) is 79.0 Å². The Kier molecular flexibility index (Phi) is 8.72. The Labute approximate surface area is 477 Å². The van der Waals surface area contributed by atoms with Gasteiger partial charge in [0.05, 0.1) is 5.41 Å². The SMILES string of the molecule is CCCCc1cc(CCCC)nc(C2(c3cc(C(F)(F)C(F)(F)C(F)(F)C(F)(F)F)cc(C(F)(F)C(F)(F)C(F)(F)C(F)(F)F)c3)C3c4c5c6c7c4c4c(c8ccc9c%10ccc%11c%12c%13c%14c(c7c7c%14c(c%12%10)c9c8c47)=C4C6C(C=C5)C5C=CC%11C%13C45)C32)n1. The van der Waals surface area contributed by atoms with Crippen molar-refractivity contribution >= 4 is 97.8 Å². The van der Waals surface area contributed by atoms with Crippen molar-refractivity contribution in [2.24, 2.45) is 17.8 Å². The number of unbranched alkanes of at least 4 members (excludes halogenated alkanes) is 2. The van der Waals surface area contributed by atoms with Crippen molar-refractivity contribution in [2.75, 3.05) is 0 Å². The lowest BCUT2D eigenvalue weighted by Gasteiger charge is -2.37. The first-order chi connectivity index (χ1) is 41.0. The average molecular weight is 1210 g/mol. The highest BCUT2D eigenvalue weighted by atomic mass is 19.4. The molecule has 0 bridgehead atoms. The lowest BCUT2D eigenvalue weighted by Crippen LogP contribution is -2.60. The fourth-order valence-corrected chi connectivity index (χ4v) is 19.4. The van der Waals surface area contributed by atoms with Crippen molar-refractivity contribution in [3.8, 4) is 0 Å². The quantitative estimate of drug-likeness (QED) is 0.0616. The third-order valence-corrected chi connectivity index (χ3v) is 22.5. The Morgan fingerprint density at radius 3 is 1.57 bits per heavy atom. The van der Waals surface area contributed by atoms with E-state index in [4.69, 9.17) is 9.97 Å². The molecule has 0 aliphatic heterocycles. The van der Waals surface area contributed by atoms with E-state index in [1.165, 1.54) is 27.5 Å². The number of hydrogen-bond acceptors (Lipinski definition) is 2. The van der Waals surface area contributed by atoms with Gasteiger partial charge in [-0.15, -0.1) is 0 Å². The van der Waals surface area contributed by atoms with E-state index in [9.17, 15) is 26.3 Å². The molecule has 11 aromatic rings. The maximum Gasteiger partial charge on any atom is 0.460 e. The molecule has 0 saturated heterocycles. The molecule has 87 heavy (non-hydrogen) atoms. The second-order valence-corrected chi connectivity index (χ2v) is 26.0. The lowest BCUT2D eigenvalue weighted by molar-refractivity contribution is -0.400. The first-order valence-electron chi connectivity index (χ1n) is 29.1. The number of aromatic nitrogens is 2. The van der Waals surface area contributed by atoms with Crippen LogP contribution in [0.2, 0.25) is 0 Å². The van der Waals surface area contributed by atoms with E-state index in [1.54, 1.807) is 6.07 Å². The summed E-state index contributed by atoms with van der Waals surface area (Å²) in [5, 5.41) is 15.5. The molecule has 0 amide bonds. The average Bonchev–Trinajstić information content (AvgIpc) is 1.43. The van der Waals surface area contributed by atoms with Crippen LogP contribution in [0.5, 0.6) is 0 Å². The van der Waals surface area contributed by atoms with Crippen molar-refractivity contribution in [3.05, 3.63) is 139 Å². The number of halogens is 18. The summed E-state index contributed by atoms with van der Waals surface area (Å²) in [4.78, 5) is 10.0. The molecule has 2 nitrogen and oxygen atoms in total. The molecule has 2 saturated carbocycles. The maximum absolute atomic E-state index is 17.1. The van der Waals surface area contributed by atoms with Gasteiger partial charge in [0, 0.05) is 52.1 Å². The predicted octanol–water partition coefficient (Wildman–Crippen LogP) is 19.2. The molecule has 10 aromatic carbocycles. The summed E-state index contributed by atoms with van der Waals surface area (Å²) in [6.45, 7) is 3.68. The van der Waals surface area contributed by atoms with E-state index >= 15 is 52.7 Å². The zero-order valence-corrected chi connectivity index (χ0v) is 45.0. The molecule has 2 fully saturated rings. The summed E-state index contributed by atoms with van der Waals surface area (Å²) < 4.78 is 277. The lowest BCUT2D eigenvalue weighted by atomic mass is 9.65. The van der Waals surface area contributed by atoms with Crippen LogP contribution in [0.3, 0.4) is 0 Å². The topological polar surface area (TPSA) is 25.8 Å². The molecule has 1 heterocycles. The van der Waals surface area contributed by atoms with Gasteiger partial charge in [-0.2, -0.15) is 79.0 Å². The van der Waals surface area contributed by atoms with E-state index in [2.05, 4.69) is 30.4 Å². The number of fused-ring (bicyclic) bond motifs is 8. The minimum absolute atomic E-state index is 0.00117. The molecule has 8 aliphatic rings. The predicted molar refractivity (Wildman–Crippen MR) is 290 cm³/mol. The van der Waals surface area contributed by atoms with Gasteiger partial charge >= 0.3 is 47.9 Å². The highest BCUT2D eigenvalue weighted by Crippen LogP contribution is 2.82. The van der Waals surface area contributed by atoms with Crippen LogP contribution in [0.15, 0.2) is 66.8 Å². The number of rotatable bonds is 14. The van der Waals surface area contributed by atoms with E-state index < -0.39 is 93.7 Å². The number of allylic oxidation sites excluding steroid dienone is 3. The molecule has 0 radical (unpaired) electrons. The normalized spacial score (nSPS) is 26.1. The van der Waals surface area contributed by atoms with Gasteiger partial charge in [-0.05, 0) is 204 Å². The molecule has 19 rings (SSSR count). The van der Waals surface area contributed by atoms with Crippen LogP contribution >= 0.6 is 0 Å². The van der Waals surface area contributed by atoms with Crippen molar-refractivity contribution in [1.29, 1.82) is 0 Å². The van der Waals surface area contributed by atoms with Crippen molar-refractivity contribution in [2.45, 2.75) is 135 Å². The zero-order chi connectivity index (χ0) is 60.6. The number of nitrogens with zero attached hydrogens (tertiary/aromatic N) is 2. The summed E-state index contributed by atoms with van der Waals surface area (Å²) in [5.74, 6) is -48.3. The van der Waals surface area contributed by atoms with Gasteiger partial charge in [0.15, 0.2) is 0 Å². The number of hydrogen-bond donors (Lipinski definition) is 0. The van der Waals surface area contributed by atoms with Crippen LogP contribution in [0.1, 0.15) is 136 Å². The number of alkyl halides is 18. The summed E-state index contributed by atoms with van der Waals surface area (Å²) in [6.07, 6.45) is -4.04. The second kappa shape index (κ2) is 14.6. The fraction of sp³-hybridized carbons (Fsp3) is 0.373. The van der Waals surface area contributed by atoms with Crippen molar-refractivity contribution < 1.29 is 79.0 Å². The van der Waals surface area contributed by atoms with Crippen LogP contribution in [0.25, 0.3) is 97.8 Å². The monoisotopic (exact) mass is 1210 g/mol. The van der Waals surface area contributed by atoms with Crippen molar-refractivity contribution in [3.63, 3.8) is 0 Å². The Morgan fingerprint density at radius 1 is 0.448 bits per heavy atom. The summed E-state index contributed by atoms with van der Waals surface area (Å²) in [5.41, 5.74) is -3.01. The van der Waals surface area contributed by atoms with Crippen LogP contribution in [-0.2, 0) is 30.1 Å². The Bertz CT molecular complexity index is 5050. The Morgan fingerprint density at radius 2 is 0.966 bits per heavy atom. The van der Waals surface area contributed by atoms with Crippen molar-refractivity contribution in [1.82, 2.24) is 9.97 Å². The first-order valence-corrected chi connectivity index (χ1v) is 29.1. The van der Waals surface area contributed by atoms with E-state index in [0.29, 0.717) is 58.5 Å². The molecular formula is C67H38F18N2. The van der Waals surface area contributed by atoms with Gasteiger partial charge in [0.1, 0.15) is 5.82 Å². The molecule has 0 N–H and O–H groups in total.